The lowest BCUT2D eigenvalue weighted by molar-refractivity contribution is -0.123. The summed E-state index contributed by atoms with van der Waals surface area (Å²) >= 11 is 7.20. The van der Waals surface area contributed by atoms with Crippen LogP contribution in [0.25, 0.3) is 6.08 Å². The summed E-state index contributed by atoms with van der Waals surface area (Å²) in [6.07, 6.45) is 1.73. The molecular formula is C20H17ClN2O4S. The van der Waals surface area contributed by atoms with Crippen LogP contribution in [0.4, 0.5) is 10.5 Å². The molecule has 2 aliphatic heterocycles. The van der Waals surface area contributed by atoms with E-state index in [-0.39, 0.29) is 24.5 Å². The van der Waals surface area contributed by atoms with E-state index >= 15 is 0 Å². The van der Waals surface area contributed by atoms with Gasteiger partial charge in [0.25, 0.3) is 11.1 Å². The topological polar surface area (TPSA) is 59.1 Å². The number of benzene rings is 2. The van der Waals surface area contributed by atoms with E-state index in [9.17, 15) is 9.59 Å². The van der Waals surface area contributed by atoms with E-state index in [0.29, 0.717) is 27.0 Å². The number of amides is 2. The first-order valence-corrected chi connectivity index (χ1v) is 9.72. The number of halogens is 1. The SMILES string of the molecule is CN(C)c1ccc(/C=C2\SC(=O)N(Cc3cc4c(cc3Cl)OCO4)C2=O)cc1. The Kier molecular flexibility index (Phi) is 4.95. The second-order valence-electron chi connectivity index (χ2n) is 6.55. The van der Waals surface area contributed by atoms with Gasteiger partial charge in [-0.25, -0.2) is 0 Å². The molecule has 8 heteroatoms. The number of nitrogens with zero attached hydrogens (tertiary/aromatic N) is 2. The number of anilines is 1. The van der Waals surface area contributed by atoms with Crippen LogP contribution in [0.3, 0.4) is 0 Å². The van der Waals surface area contributed by atoms with Crippen molar-refractivity contribution in [1.29, 1.82) is 0 Å². The fourth-order valence-corrected chi connectivity index (χ4v) is 3.96. The fraction of sp³-hybridized carbons (Fsp3) is 0.200. The van der Waals surface area contributed by atoms with E-state index in [1.165, 1.54) is 4.90 Å². The van der Waals surface area contributed by atoms with Crippen LogP contribution in [0.5, 0.6) is 11.5 Å². The molecule has 6 nitrogen and oxygen atoms in total. The van der Waals surface area contributed by atoms with Crippen LogP contribution >= 0.6 is 23.4 Å². The fourth-order valence-electron chi connectivity index (χ4n) is 2.91. The highest BCUT2D eigenvalue weighted by atomic mass is 35.5. The van der Waals surface area contributed by atoms with Crippen LogP contribution in [0.15, 0.2) is 41.3 Å². The summed E-state index contributed by atoms with van der Waals surface area (Å²) in [7, 11) is 3.92. The van der Waals surface area contributed by atoms with Gasteiger partial charge in [0.05, 0.1) is 11.4 Å². The van der Waals surface area contributed by atoms with Crippen molar-refractivity contribution in [1.82, 2.24) is 4.90 Å². The number of ether oxygens (including phenoxy) is 2. The number of hydrogen-bond acceptors (Lipinski definition) is 6. The lowest BCUT2D eigenvalue weighted by atomic mass is 10.1. The monoisotopic (exact) mass is 416 g/mol. The molecule has 1 saturated heterocycles. The third-order valence-corrected chi connectivity index (χ3v) is 5.71. The van der Waals surface area contributed by atoms with E-state index in [2.05, 4.69) is 0 Å². The van der Waals surface area contributed by atoms with Gasteiger partial charge in [-0.2, -0.15) is 0 Å². The van der Waals surface area contributed by atoms with Crippen molar-refractivity contribution in [2.45, 2.75) is 6.54 Å². The highest BCUT2D eigenvalue weighted by molar-refractivity contribution is 8.18. The zero-order chi connectivity index (χ0) is 19.8. The molecule has 2 aliphatic rings. The number of rotatable bonds is 4. The highest BCUT2D eigenvalue weighted by Gasteiger charge is 2.35. The van der Waals surface area contributed by atoms with Gasteiger partial charge in [0.2, 0.25) is 6.79 Å². The number of carbonyl (C=O) groups is 2. The summed E-state index contributed by atoms with van der Waals surface area (Å²) in [4.78, 5) is 28.7. The van der Waals surface area contributed by atoms with Gasteiger partial charge < -0.3 is 14.4 Å². The van der Waals surface area contributed by atoms with Crippen molar-refractivity contribution in [3.63, 3.8) is 0 Å². The molecule has 0 aliphatic carbocycles. The van der Waals surface area contributed by atoms with Crippen molar-refractivity contribution < 1.29 is 19.1 Å². The first-order valence-electron chi connectivity index (χ1n) is 8.53. The number of imide groups is 1. The molecule has 0 spiro atoms. The van der Waals surface area contributed by atoms with E-state index in [1.807, 2.05) is 43.3 Å². The summed E-state index contributed by atoms with van der Waals surface area (Å²) in [6.45, 7) is 0.211. The Morgan fingerprint density at radius 3 is 2.50 bits per heavy atom. The van der Waals surface area contributed by atoms with Gasteiger partial charge in [-0.05, 0) is 47.2 Å². The summed E-state index contributed by atoms with van der Waals surface area (Å²) in [5.41, 5.74) is 2.55. The maximum Gasteiger partial charge on any atom is 0.293 e. The molecule has 2 amide bonds. The number of fused-ring (bicyclic) bond motifs is 1. The van der Waals surface area contributed by atoms with Gasteiger partial charge >= 0.3 is 0 Å². The molecule has 4 rings (SSSR count). The normalized spacial score (nSPS) is 17.0. The standard InChI is InChI=1S/C20H17ClN2O4S/c1-22(2)14-5-3-12(4-6-14)7-18-19(24)23(20(25)28-18)10-13-8-16-17(9-15(13)21)27-11-26-16/h3-9H,10-11H2,1-2H3/b18-7-. The highest BCUT2D eigenvalue weighted by Crippen LogP contribution is 2.39. The summed E-state index contributed by atoms with van der Waals surface area (Å²) < 4.78 is 10.6. The van der Waals surface area contributed by atoms with Crippen molar-refractivity contribution in [2.75, 3.05) is 25.8 Å². The Labute approximate surface area is 171 Å². The third kappa shape index (κ3) is 3.55. The average Bonchev–Trinajstić information content (AvgIpc) is 3.21. The predicted molar refractivity (Wildman–Crippen MR) is 110 cm³/mol. The molecule has 1 fully saturated rings. The first kappa shape index (κ1) is 18.7. The van der Waals surface area contributed by atoms with Crippen LogP contribution in [-0.2, 0) is 11.3 Å². The number of hydrogen-bond donors (Lipinski definition) is 0. The Morgan fingerprint density at radius 2 is 1.82 bits per heavy atom. The smallest absolute Gasteiger partial charge is 0.293 e. The Bertz CT molecular complexity index is 988. The zero-order valence-electron chi connectivity index (χ0n) is 15.3. The summed E-state index contributed by atoms with van der Waals surface area (Å²) in [5, 5.41) is 0.0986. The largest absolute Gasteiger partial charge is 0.454 e. The van der Waals surface area contributed by atoms with Crippen molar-refractivity contribution >= 4 is 46.3 Å². The second-order valence-corrected chi connectivity index (χ2v) is 7.95. The third-order valence-electron chi connectivity index (χ3n) is 4.45. The van der Waals surface area contributed by atoms with Crippen LogP contribution in [0.2, 0.25) is 5.02 Å². The molecular weight excluding hydrogens is 400 g/mol. The minimum atomic E-state index is -0.333. The van der Waals surface area contributed by atoms with E-state index in [4.69, 9.17) is 21.1 Å². The molecule has 0 unspecified atom stereocenters. The lowest BCUT2D eigenvalue weighted by Crippen LogP contribution is -2.27. The lowest BCUT2D eigenvalue weighted by Gasteiger charge is -2.14. The van der Waals surface area contributed by atoms with E-state index < -0.39 is 0 Å². The van der Waals surface area contributed by atoms with Crippen molar-refractivity contribution in [3.05, 3.63) is 57.5 Å². The molecule has 28 heavy (non-hydrogen) atoms. The first-order chi connectivity index (χ1) is 13.4. The Hall–Kier alpha value is -2.64. The van der Waals surface area contributed by atoms with Crippen molar-refractivity contribution in [3.8, 4) is 11.5 Å². The maximum absolute atomic E-state index is 12.8. The van der Waals surface area contributed by atoms with E-state index in [0.717, 1.165) is 23.0 Å². The van der Waals surface area contributed by atoms with E-state index in [1.54, 1.807) is 18.2 Å². The maximum atomic E-state index is 12.8. The number of thioether (sulfide) groups is 1. The molecule has 0 N–H and O–H groups in total. The predicted octanol–water partition coefficient (Wildman–Crippen LogP) is 4.37. The summed E-state index contributed by atoms with van der Waals surface area (Å²) in [6, 6.07) is 11.1. The van der Waals surface area contributed by atoms with Crippen LogP contribution < -0.4 is 14.4 Å². The van der Waals surface area contributed by atoms with Crippen LogP contribution in [0, 0.1) is 0 Å². The minimum Gasteiger partial charge on any atom is -0.454 e. The molecule has 0 saturated carbocycles. The molecule has 0 radical (unpaired) electrons. The Morgan fingerprint density at radius 1 is 1.14 bits per heavy atom. The van der Waals surface area contributed by atoms with Gasteiger partial charge in [-0.1, -0.05) is 23.7 Å². The van der Waals surface area contributed by atoms with Crippen molar-refractivity contribution in [2.24, 2.45) is 0 Å². The van der Waals surface area contributed by atoms with Gasteiger partial charge in [-0.3, -0.25) is 14.5 Å². The zero-order valence-corrected chi connectivity index (χ0v) is 16.8. The second kappa shape index (κ2) is 7.41. The average molecular weight is 417 g/mol. The van der Waals surface area contributed by atoms with Crippen LogP contribution in [-0.4, -0.2) is 36.9 Å². The van der Waals surface area contributed by atoms with Gasteiger partial charge in [0.1, 0.15) is 0 Å². The number of carbonyl (C=O) groups excluding carboxylic acids is 2. The van der Waals surface area contributed by atoms with Gasteiger partial charge in [-0.15, -0.1) is 0 Å². The van der Waals surface area contributed by atoms with Crippen LogP contribution in [0.1, 0.15) is 11.1 Å². The molecule has 0 atom stereocenters. The molecule has 144 valence electrons. The molecule has 0 aromatic heterocycles. The molecule has 2 aromatic carbocycles. The summed E-state index contributed by atoms with van der Waals surface area (Å²) in [5.74, 6) is 0.785. The van der Waals surface area contributed by atoms with Gasteiger partial charge in [0, 0.05) is 30.9 Å². The Balaban J connectivity index is 1.54. The van der Waals surface area contributed by atoms with Gasteiger partial charge in [0.15, 0.2) is 11.5 Å². The molecule has 2 heterocycles. The molecule has 2 aromatic rings. The quantitative estimate of drug-likeness (QED) is 0.690. The molecule has 0 bridgehead atoms. The minimum absolute atomic E-state index is 0.0804.